The van der Waals surface area contributed by atoms with Crippen molar-refractivity contribution < 1.29 is 0 Å². The third-order valence-electron chi connectivity index (χ3n) is 3.42. The first-order valence-corrected chi connectivity index (χ1v) is 7.92. The molecule has 7 heteroatoms. The molecule has 20 heavy (non-hydrogen) atoms. The molecular weight excluding hydrogens is 294 g/mol. The summed E-state index contributed by atoms with van der Waals surface area (Å²) in [5.74, 6) is 1.07. The van der Waals surface area contributed by atoms with Crippen molar-refractivity contribution in [3.8, 4) is 0 Å². The predicted octanol–water partition coefficient (Wildman–Crippen LogP) is 2.66. The Balaban J connectivity index is 1.90. The van der Waals surface area contributed by atoms with E-state index in [1.807, 2.05) is 6.07 Å². The lowest BCUT2D eigenvalue weighted by molar-refractivity contribution is 0.590. The summed E-state index contributed by atoms with van der Waals surface area (Å²) in [6.45, 7) is 1.38. The molecule has 0 aromatic carbocycles. The average Bonchev–Trinajstić information content (AvgIpc) is 2.70. The molecule has 106 valence electrons. The fraction of sp³-hybridized carbons (Fsp3) is 0.462. The van der Waals surface area contributed by atoms with E-state index in [-0.39, 0.29) is 0 Å². The molecule has 1 aliphatic rings. The third-order valence-corrected chi connectivity index (χ3v) is 4.94. The molecule has 0 amide bonds. The molecule has 1 aliphatic heterocycles. The summed E-state index contributed by atoms with van der Waals surface area (Å²) >= 11 is 7.79. The summed E-state index contributed by atoms with van der Waals surface area (Å²) in [4.78, 5) is 4.33. The molecule has 5 nitrogen and oxygen atoms in total. The number of halogens is 1. The number of nitrogens with zero attached hydrogens (tertiary/aromatic N) is 4. The van der Waals surface area contributed by atoms with Crippen LogP contribution in [0.5, 0.6) is 0 Å². The molecule has 3 heterocycles. The quantitative estimate of drug-likeness (QED) is 0.944. The van der Waals surface area contributed by atoms with Gasteiger partial charge in [0.1, 0.15) is 10.9 Å². The van der Waals surface area contributed by atoms with E-state index >= 15 is 0 Å². The van der Waals surface area contributed by atoms with E-state index in [9.17, 15) is 0 Å². The van der Waals surface area contributed by atoms with Crippen LogP contribution in [0.1, 0.15) is 30.7 Å². The molecule has 0 saturated heterocycles. The number of aryl methyl sites for hydroxylation is 1. The van der Waals surface area contributed by atoms with Crippen LogP contribution in [0.25, 0.3) is 0 Å². The van der Waals surface area contributed by atoms with Gasteiger partial charge in [0.15, 0.2) is 5.16 Å². The van der Waals surface area contributed by atoms with Crippen LogP contribution in [-0.2, 0) is 19.5 Å². The number of rotatable bonds is 3. The van der Waals surface area contributed by atoms with Gasteiger partial charge in [0.2, 0.25) is 0 Å². The third kappa shape index (κ3) is 2.68. The lowest BCUT2D eigenvalue weighted by Crippen LogP contribution is -2.03. The molecule has 3 rings (SSSR count). The average molecular weight is 310 g/mol. The highest BCUT2D eigenvalue weighted by molar-refractivity contribution is 7.99. The molecule has 0 radical (unpaired) electrons. The van der Waals surface area contributed by atoms with E-state index in [2.05, 4.69) is 19.7 Å². The Morgan fingerprint density at radius 2 is 2.20 bits per heavy atom. The molecular formula is C13H16ClN5S. The smallest absolute Gasteiger partial charge is 0.197 e. The van der Waals surface area contributed by atoms with Crippen molar-refractivity contribution in [3.63, 3.8) is 0 Å². The van der Waals surface area contributed by atoms with E-state index in [4.69, 9.17) is 17.3 Å². The van der Waals surface area contributed by atoms with Gasteiger partial charge in [-0.1, -0.05) is 18.0 Å². The highest BCUT2D eigenvalue weighted by Crippen LogP contribution is 2.33. The maximum atomic E-state index is 6.32. The summed E-state index contributed by atoms with van der Waals surface area (Å²) in [5.41, 5.74) is 6.57. The van der Waals surface area contributed by atoms with Crippen LogP contribution in [0.4, 0.5) is 0 Å². The topological polar surface area (TPSA) is 69.6 Å². The Morgan fingerprint density at radius 1 is 1.30 bits per heavy atom. The van der Waals surface area contributed by atoms with Crippen molar-refractivity contribution in [2.24, 2.45) is 5.73 Å². The van der Waals surface area contributed by atoms with Crippen molar-refractivity contribution in [2.75, 3.05) is 0 Å². The second kappa shape index (κ2) is 6.11. The molecule has 2 aromatic heterocycles. The van der Waals surface area contributed by atoms with Crippen LogP contribution in [0, 0.1) is 0 Å². The molecule has 2 N–H and O–H groups in total. The van der Waals surface area contributed by atoms with Crippen LogP contribution in [0.2, 0.25) is 5.02 Å². The number of hydrogen-bond acceptors (Lipinski definition) is 5. The zero-order valence-electron chi connectivity index (χ0n) is 11.0. The van der Waals surface area contributed by atoms with Gasteiger partial charge < -0.3 is 10.3 Å². The Bertz CT molecular complexity index is 613. The van der Waals surface area contributed by atoms with Gasteiger partial charge in [-0.2, -0.15) is 0 Å². The second-order valence-corrected chi connectivity index (χ2v) is 6.09. The fourth-order valence-corrected chi connectivity index (χ4v) is 3.51. The minimum Gasteiger partial charge on any atom is -0.326 e. The number of pyridine rings is 1. The lowest BCUT2D eigenvalue weighted by Gasteiger charge is -2.08. The van der Waals surface area contributed by atoms with E-state index in [0.29, 0.717) is 11.6 Å². The molecule has 0 saturated carbocycles. The van der Waals surface area contributed by atoms with E-state index < -0.39 is 0 Å². The number of hydrogen-bond donors (Lipinski definition) is 1. The van der Waals surface area contributed by atoms with Crippen LogP contribution in [0.15, 0.2) is 22.4 Å². The largest absolute Gasteiger partial charge is 0.326 e. The second-order valence-electron chi connectivity index (χ2n) is 4.76. The van der Waals surface area contributed by atoms with Crippen LogP contribution < -0.4 is 5.73 Å². The minimum atomic E-state index is 0.410. The zero-order valence-corrected chi connectivity index (χ0v) is 12.6. The van der Waals surface area contributed by atoms with Crippen molar-refractivity contribution in [1.82, 2.24) is 19.7 Å². The monoisotopic (exact) mass is 309 g/mol. The summed E-state index contributed by atoms with van der Waals surface area (Å²) in [5, 5.41) is 10.8. The van der Waals surface area contributed by atoms with Gasteiger partial charge in [0, 0.05) is 25.7 Å². The summed E-state index contributed by atoms with van der Waals surface area (Å²) < 4.78 is 2.19. The van der Waals surface area contributed by atoms with E-state index in [0.717, 1.165) is 34.5 Å². The van der Waals surface area contributed by atoms with Gasteiger partial charge >= 0.3 is 0 Å². The van der Waals surface area contributed by atoms with Gasteiger partial charge in [-0.15, -0.1) is 10.2 Å². The van der Waals surface area contributed by atoms with Crippen LogP contribution in [0.3, 0.4) is 0 Å². The van der Waals surface area contributed by atoms with Crippen molar-refractivity contribution in [1.29, 1.82) is 0 Å². The molecule has 0 spiro atoms. The normalized spacial score (nSPS) is 14.9. The van der Waals surface area contributed by atoms with Gasteiger partial charge in [0.05, 0.1) is 5.02 Å². The maximum absolute atomic E-state index is 6.32. The Morgan fingerprint density at radius 3 is 3.05 bits per heavy atom. The first-order chi connectivity index (χ1) is 9.79. The fourth-order valence-electron chi connectivity index (χ4n) is 2.31. The Hall–Kier alpha value is -1.11. The van der Waals surface area contributed by atoms with Crippen molar-refractivity contribution in [2.45, 2.75) is 49.0 Å². The van der Waals surface area contributed by atoms with E-state index in [1.165, 1.54) is 31.0 Å². The summed E-state index contributed by atoms with van der Waals surface area (Å²) in [6, 6.07) is 1.84. The molecule has 2 aromatic rings. The van der Waals surface area contributed by atoms with Crippen LogP contribution >= 0.6 is 23.4 Å². The Labute approximate surface area is 126 Å². The molecule has 0 unspecified atom stereocenters. The number of aromatic nitrogens is 4. The van der Waals surface area contributed by atoms with Gasteiger partial charge in [-0.05, 0) is 36.2 Å². The maximum Gasteiger partial charge on any atom is 0.197 e. The lowest BCUT2D eigenvalue weighted by atomic mass is 10.2. The first kappa shape index (κ1) is 13.9. The van der Waals surface area contributed by atoms with Gasteiger partial charge in [-0.3, -0.25) is 0 Å². The predicted molar refractivity (Wildman–Crippen MR) is 78.8 cm³/mol. The Kier molecular flexibility index (Phi) is 4.24. The van der Waals surface area contributed by atoms with Crippen molar-refractivity contribution >= 4 is 23.4 Å². The highest BCUT2D eigenvalue weighted by Gasteiger charge is 2.17. The first-order valence-electron chi connectivity index (χ1n) is 6.73. The summed E-state index contributed by atoms with van der Waals surface area (Å²) in [6.07, 6.45) is 6.33. The SMILES string of the molecule is NCc1ccnc(Sc2nnc3n2CCCCC3)c1Cl. The highest BCUT2D eigenvalue weighted by atomic mass is 35.5. The van der Waals surface area contributed by atoms with E-state index in [1.54, 1.807) is 6.20 Å². The number of fused-ring (bicyclic) bond motifs is 1. The zero-order chi connectivity index (χ0) is 13.9. The van der Waals surface area contributed by atoms with Gasteiger partial charge in [0.25, 0.3) is 0 Å². The summed E-state index contributed by atoms with van der Waals surface area (Å²) in [7, 11) is 0. The van der Waals surface area contributed by atoms with Gasteiger partial charge in [-0.25, -0.2) is 4.98 Å². The van der Waals surface area contributed by atoms with Crippen LogP contribution in [-0.4, -0.2) is 19.7 Å². The molecule has 0 bridgehead atoms. The molecule has 0 aliphatic carbocycles. The minimum absolute atomic E-state index is 0.410. The molecule has 0 atom stereocenters. The standard InChI is InChI=1S/C13H16ClN5S/c14-11-9(8-15)5-6-16-12(11)20-13-18-17-10-4-2-1-3-7-19(10)13/h5-6H,1-4,7-8,15H2. The van der Waals surface area contributed by atoms with Crippen molar-refractivity contribution in [3.05, 3.63) is 28.7 Å². The molecule has 0 fully saturated rings. The number of nitrogens with two attached hydrogens (primary N) is 1.